The zero-order valence-electron chi connectivity index (χ0n) is 14.7. The molecule has 8 nitrogen and oxygen atoms in total. The van der Waals surface area contributed by atoms with E-state index in [-0.39, 0.29) is 18.2 Å². The fraction of sp³-hybridized carbons (Fsp3) is 0.222. The van der Waals surface area contributed by atoms with Gasteiger partial charge in [0.1, 0.15) is 23.3 Å². The molecule has 134 valence electrons. The Labute approximate surface area is 151 Å². The quantitative estimate of drug-likeness (QED) is 0.493. The minimum Gasteiger partial charge on any atom is -0.496 e. The zero-order chi connectivity index (χ0) is 18.9. The molecule has 0 amide bonds. The molecule has 0 saturated heterocycles. The fourth-order valence-corrected chi connectivity index (χ4v) is 2.13. The number of benzene rings is 1. The summed E-state index contributed by atoms with van der Waals surface area (Å²) in [7, 11) is 1.59. The number of nitrogens with zero attached hydrogens (tertiary/aromatic N) is 3. The van der Waals surface area contributed by atoms with Crippen molar-refractivity contribution in [1.82, 2.24) is 10.5 Å². The molecule has 0 spiro atoms. The minimum atomic E-state index is -0.522. The van der Waals surface area contributed by atoms with Crippen LogP contribution in [0.25, 0.3) is 0 Å². The number of rotatable bonds is 4. The number of hydrogen-bond donors (Lipinski definition) is 2. The topological polar surface area (TPSA) is 109 Å². The van der Waals surface area contributed by atoms with Crippen molar-refractivity contribution in [3.05, 3.63) is 53.2 Å². The third-order valence-corrected chi connectivity index (χ3v) is 3.38. The smallest absolute Gasteiger partial charge is 0.329 e. The number of guanidine groups is 1. The van der Waals surface area contributed by atoms with Gasteiger partial charge in [-0.25, -0.2) is 9.98 Å². The summed E-state index contributed by atoms with van der Waals surface area (Å²) >= 11 is 0. The molecule has 8 heteroatoms. The minimum absolute atomic E-state index is 0.174. The van der Waals surface area contributed by atoms with Gasteiger partial charge in [-0.3, -0.25) is 4.79 Å². The Morgan fingerprint density at radius 3 is 2.77 bits per heavy atom. The van der Waals surface area contributed by atoms with Crippen LogP contribution in [-0.2, 0) is 16.2 Å². The first-order valence-corrected chi connectivity index (χ1v) is 7.78. The molecule has 1 heterocycles. The summed E-state index contributed by atoms with van der Waals surface area (Å²) in [5, 5.41) is 11.8. The summed E-state index contributed by atoms with van der Waals surface area (Å²) in [5.41, 5.74) is 4.63. The molecular weight excluding hydrogens is 334 g/mol. The van der Waals surface area contributed by atoms with Crippen molar-refractivity contribution < 1.29 is 14.4 Å². The maximum Gasteiger partial charge on any atom is 0.329 e. The van der Waals surface area contributed by atoms with Crippen LogP contribution < -0.4 is 15.5 Å². The average molecular weight is 353 g/mol. The summed E-state index contributed by atoms with van der Waals surface area (Å²) in [6.07, 6.45) is 0. The van der Waals surface area contributed by atoms with Gasteiger partial charge in [0, 0.05) is 12.5 Å². The second-order valence-corrected chi connectivity index (χ2v) is 5.26. The van der Waals surface area contributed by atoms with Crippen LogP contribution in [0.2, 0.25) is 0 Å². The van der Waals surface area contributed by atoms with Gasteiger partial charge in [0.05, 0.1) is 13.7 Å². The Kier molecular flexibility index (Phi) is 6.51. The van der Waals surface area contributed by atoms with Crippen LogP contribution in [0.1, 0.15) is 23.7 Å². The maximum atomic E-state index is 11.1. The lowest BCUT2D eigenvalue weighted by molar-refractivity contribution is -0.145. The lowest BCUT2D eigenvalue weighted by Crippen LogP contribution is -2.33. The molecule has 0 fully saturated rings. The number of hydroxylamine groups is 1. The highest BCUT2D eigenvalue weighted by molar-refractivity contribution is 5.92. The molecule has 0 aliphatic carbocycles. The maximum absolute atomic E-state index is 11.1. The van der Waals surface area contributed by atoms with Gasteiger partial charge in [-0.05, 0) is 30.7 Å². The molecule has 1 aromatic heterocycles. The number of carbonyl (C=O) groups excluding carboxylic acids is 1. The van der Waals surface area contributed by atoms with Crippen LogP contribution in [0.4, 0.5) is 5.82 Å². The van der Waals surface area contributed by atoms with Crippen molar-refractivity contribution in [2.24, 2.45) is 4.99 Å². The second-order valence-electron chi connectivity index (χ2n) is 5.26. The number of nitrogens with one attached hydrogen (secondary N) is 2. The predicted molar refractivity (Wildman–Crippen MR) is 96.3 cm³/mol. The Morgan fingerprint density at radius 1 is 1.31 bits per heavy atom. The van der Waals surface area contributed by atoms with Gasteiger partial charge >= 0.3 is 5.97 Å². The highest BCUT2D eigenvalue weighted by atomic mass is 16.7. The monoisotopic (exact) mass is 353 g/mol. The molecule has 2 rings (SSSR count). The SMILES string of the molecule is COc1cccc(C)c1CN=C(NOC(C)=O)Nc1cccc(C#N)n1. The Morgan fingerprint density at radius 2 is 2.08 bits per heavy atom. The van der Waals surface area contributed by atoms with E-state index < -0.39 is 5.97 Å². The van der Waals surface area contributed by atoms with Crippen LogP contribution in [0, 0.1) is 18.3 Å². The number of ether oxygens (including phenoxy) is 1. The number of anilines is 1. The molecule has 0 atom stereocenters. The largest absolute Gasteiger partial charge is 0.496 e. The first-order chi connectivity index (χ1) is 12.5. The van der Waals surface area contributed by atoms with Crippen molar-refractivity contribution in [1.29, 1.82) is 5.26 Å². The first kappa shape index (κ1) is 18.7. The van der Waals surface area contributed by atoms with E-state index in [2.05, 4.69) is 20.8 Å². The van der Waals surface area contributed by atoms with E-state index in [1.807, 2.05) is 31.2 Å². The summed E-state index contributed by atoms with van der Waals surface area (Å²) in [4.78, 5) is 24.4. The number of carbonyl (C=O) groups is 1. The summed E-state index contributed by atoms with van der Waals surface area (Å²) < 4.78 is 5.36. The zero-order valence-corrected chi connectivity index (χ0v) is 14.7. The molecule has 1 aromatic carbocycles. The number of methoxy groups -OCH3 is 1. The summed E-state index contributed by atoms with van der Waals surface area (Å²) in [6, 6.07) is 12.6. The van der Waals surface area contributed by atoms with Crippen molar-refractivity contribution in [2.45, 2.75) is 20.4 Å². The van der Waals surface area contributed by atoms with Gasteiger partial charge in [-0.1, -0.05) is 18.2 Å². The number of aryl methyl sites for hydroxylation is 1. The number of nitriles is 1. The van der Waals surface area contributed by atoms with E-state index in [0.29, 0.717) is 11.6 Å². The van der Waals surface area contributed by atoms with Crippen molar-refractivity contribution in [3.8, 4) is 11.8 Å². The molecule has 0 radical (unpaired) electrons. The lowest BCUT2D eigenvalue weighted by Gasteiger charge is -2.13. The third kappa shape index (κ3) is 5.21. The molecule has 2 aromatic rings. The van der Waals surface area contributed by atoms with Crippen molar-refractivity contribution in [2.75, 3.05) is 12.4 Å². The molecule has 0 aliphatic rings. The van der Waals surface area contributed by atoms with E-state index in [9.17, 15) is 4.79 Å². The van der Waals surface area contributed by atoms with E-state index in [0.717, 1.165) is 11.1 Å². The van der Waals surface area contributed by atoms with E-state index in [1.54, 1.807) is 25.3 Å². The summed E-state index contributed by atoms with van der Waals surface area (Å²) in [6.45, 7) is 3.51. The van der Waals surface area contributed by atoms with Gasteiger partial charge in [0.25, 0.3) is 0 Å². The normalized spacial score (nSPS) is 10.6. The predicted octanol–water partition coefficient (Wildman–Crippen LogP) is 2.31. The number of pyridine rings is 1. The molecule has 0 aliphatic heterocycles. The first-order valence-electron chi connectivity index (χ1n) is 7.78. The van der Waals surface area contributed by atoms with Gasteiger partial charge in [0.2, 0.25) is 5.96 Å². The number of aromatic nitrogens is 1. The van der Waals surface area contributed by atoms with E-state index in [4.69, 9.17) is 14.8 Å². The standard InChI is InChI=1S/C18H19N5O3/c1-12-6-4-8-16(25-3)15(12)11-20-18(23-26-13(2)24)22-17-9-5-7-14(10-19)21-17/h4-9H,11H2,1-3H3,(H2,20,21,22,23). The fourth-order valence-electron chi connectivity index (χ4n) is 2.13. The Balaban J connectivity index is 2.25. The highest BCUT2D eigenvalue weighted by Gasteiger charge is 2.08. The molecular formula is C18H19N5O3. The van der Waals surface area contributed by atoms with Crippen LogP contribution in [0.15, 0.2) is 41.4 Å². The van der Waals surface area contributed by atoms with Crippen molar-refractivity contribution in [3.63, 3.8) is 0 Å². The second kappa shape index (κ2) is 9.03. The van der Waals surface area contributed by atoms with Crippen LogP contribution in [-0.4, -0.2) is 24.0 Å². The van der Waals surface area contributed by atoms with Gasteiger partial charge in [-0.2, -0.15) is 10.7 Å². The lowest BCUT2D eigenvalue weighted by atomic mass is 10.1. The van der Waals surface area contributed by atoms with Gasteiger partial charge < -0.3 is 14.9 Å². The molecule has 0 bridgehead atoms. The molecule has 0 unspecified atom stereocenters. The third-order valence-electron chi connectivity index (χ3n) is 3.38. The number of hydrogen-bond acceptors (Lipinski definition) is 6. The molecule has 0 saturated carbocycles. The molecule has 2 N–H and O–H groups in total. The van der Waals surface area contributed by atoms with E-state index in [1.165, 1.54) is 6.92 Å². The summed E-state index contributed by atoms with van der Waals surface area (Å²) in [5.74, 6) is 0.754. The number of aliphatic imine (C=N–C) groups is 1. The highest BCUT2D eigenvalue weighted by Crippen LogP contribution is 2.22. The van der Waals surface area contributed by atoms with Gasteiger partial charge in [-0.15, -0.1) is 0 Å². The van der Waals surface area contributed by atoms with Gasteiger partial charge in [0.15, 0.2) is 0 Å². The van der Waals surface area contributed by atoms with Crippen LogP contribution in [0.3, 0.4) is 0 Å². The molecule has 26 heavy (non-hydrogen) atoms. The Hall–Kier alpha value is -3.60. The van der Waals surface area contributed by atoms with Crippen molar-refractivity contribution >= 4 is 17.7 Å². The van der Waals surface area contributed by atoms with Crippen LogP contribution >= 0.6 is 0 Å². The van der Waals surface area contributed by atoms with Crippen LogP contribution in [0.5, 0.6) is 5.75 Å². The van der Waals surface area contributed by atoms with E-state index >= 15 is 0 Å². The Bertz CT molecular complexity index is 858. The average Bonchev–Trinajstić information content (AvgIpc) is 2.64.